The number of fused-ring (bicyclic) bond motifs is 1. The van der Waals surface area contributed by atoms with Crippen molar-refractivity contribution in [3.63, 3.8) is 0 Å². The van der Waals surface area contributed by atoms with Crippen molar-refractivity contribution in [1.29, 1.82) is 0 Å². The first-order valence-electron chi connectivity index (χ1n) is 8.27. The van der Waals surface area contributed by atoms with E-state index in [4.69, 9.17) is 4.74 Å². The number of hydrogen-bond acceptors (Lipinski definition) is 2. The summed E-state index contributed by atoms with van der Waals surface area (Å²) in [6, 6.07) is 7.59. The summed E-state index contributed by atoms with van der Waals surface area (Å²) < 4.78 is 5.85. The second-order valence-corrected chi connectivity index (χ2v) is 6.29. The molecule has 0 bridgehead atoms. The smallest absolute Gasteiger partial charge is 0.0575 e. The molecule has 0 saturated carbocycles. The maximum atomic E-state index is 5.85. The molecule has 1 aromatic carbocycles. The van der Waals surface area contributed by atoms with Crippen LogP contribution in [0.15, 0.2) is 18.2 Å². The molecule has 2 aliphatic rings. The molecule has 2 unspecified atom stereocenters. The predicted molar refractivity (Wildman–Crippen MR) is 83.1 cm³/mol. The van der Waals surface area contributed by atoms with Crippen LogP contribution in [-0.4, -0.2) is 19.8 Å². The Balaban J connectivity index is 1.60. The highest BCUT2D eigenvalue weighted by Gasteiger charge is 2.18. The summed E-state index contributed by atoms with van der Waals surface area (Å²) in [5.41, 5.74) is 4.61. The molecule has 2 atom stereocenters. The third-order valence-corrected chi connectivity index (χ3v) is 4.92. The zero-order valence-corrected chi connectivity index (χ0v) is 12.7. The monoisotopic (exact) mass is 273 g/mol. The summed E-state index contributed by atoms with van der Waals surface area (Å²) >= 11 is 0. The first-order valence-corrected chi connectivity index (χ1v) is 8.27. The molecule has 0 aromatic heterocycles. The molecular formula is C18H27NO. The average Bonchev–Trinajstić information content (AvgIpc) is 2.96. The van der Waals surface area contributed by atoms with Gasteiger partial charge in [0.05, 0.1) is 6.10 Å². The van der Waals surface area contributed by atoms with Gasteiger partial charge in [0, 0.05) is 12.6 Å². The zero-order chi connectivity index (χ0) is 13.8. The largest absolute Gasteiger partial charge is 0.378 e. The lowest BCUT2D eigenvalue weighted by Gasteiger charge is -2.25. The van der Waals surface area contributed by atoms with E-state index in [2.05, 4.69) is 30.6 Å². The van der Waals surface area contributed by atoms with Crippen molar-refractivity contribution in [3.05, 3.63) is 34.9 Å². The van der Waals surface area contributed by atoms with Crippen molar-refractivity contribution in [2.75, 3.05) is 13.7 Å². The minimum absolute atomic E-state index is 0.478. The van der Waals surface area contributed by atoms with Crippen LogP contribution in [0.5, 0.6) is 0 Å². The molecule has 20 heavy (non-hydrogen) atoms. The molecule has 0 amide bonds. The summed E-state index contributed by atoms with van der Waals surface area (Å²) in [5.74, 6) is 0. The van der Waals surface area contributed by atoms with E-state index in [1.165, 1.54) is 56.9 Å². The molecule has 110 valence electrons. The molecule has 1 saturated heterocycles. The second-order valence-electron chi connectivity index (χ2n) is 6.29. The van der Waals surface area contributed by atoms with Gasteiger partial charge >= 0.3 is 0 Å². The van der Waals surface area contributed by atoms with Gasteiger partial charge in [-0.3, -0.25) is 0 Å². The Hall–Kier alpha value is -0.860. The lowest BCUT2D eigenvalue weighted by molar-refractivity contribution is 0.00866. The minimum Gasteiger partial charge on any atom is -0.378 e. The Bertz CT molecular complexity index is 437. The minimum atomic E-state index is 0.478. The fourth-order valence-electron chi connectivity index (χ4n) is 3.67. The Morgan fingerprint density at radius 2 is 2.10 bits per heavy atom. The van der Waals surface area contributed by atoms with Crippen molar-refractivity contribution in [2.45, 2.75) is 63.5 Å². The zero-order valence-electron chi connectivity index (χ0n) is 12.7. The van der Waals surface area contributed by atoms with Crippen LogP contribution in [0.25, 0.3) is 0 Å². The van der Waals surface area contributed by atoms with Crippen LogP contribution in [0.1, 0.15) is 61.3 Å². The molecule has 1 aliphatic heterocycles. The summed E-state index contributed by atoms with van der Waals surface area (Å²) in [5, 5.41) is 3.49. The molecule has 1 N–H and O–H groups in total. The maximum Gasteiger partial charge on any atom is 0.0575 e. The van der Waals surface area contributed by atoms with Crippen LogP contribution in [0.3, 0.4) is 0 Å². The van der Waals surface area contributed by atoms with Gasteiger partial charge < -0.3 is 10.1 Å². The first kappa shape index (κ1) is 14.1. The van der Waals surface area contributed by atoms with Gasteiger partial charge in [-0.25, -0.2) is 0 Å². The molecule has 1 heterocycles. The Kier molecular flexibility index (Phi) is 4.74. The maximum absolute atomic E-state index is 5.85. The first-order chi connectivity index (χ1) is 9.86. The standard InChI is InChI=1S/C18H27NO/c1-19-18(11-10-17-7-2-3-12-20-17)16-9-8-14-5-4-6-15(14)13-16/h8-9,13,17-19H,2-7,10-12H2,1H3. The van der Waals surface area contributed by atoms with Crippen molar-refractivity contribution < 1.29 is 4.74 Å². The number of ether oxygens (including phenoxy) is 1. The van der Waals surface area contributed by atoms with Crippen LogP contribution in [0.4, 0.5) is 0 Å². The third kappa shape index (κ3) is 3.24. The summed E-state index contributed by atoms with van der Waals surface area (Å²) in [6.07, 6.45) is 10.6. The fraction of sp³-hybridized carbons (Fsp3) is 0.667. The number of hydrogen-bond donors (Lipinski definition) is 1. The lowest BCUT2D eigenvalue weighted by atomic mass is 9.95. The van der Waals surface area contributed by atoms with Gasteiger partial charge in [-0.05, 0) is 75.1 Å². The summed E-state index contributed by atoms with van der Waals surface area (Å²) in [6.45, 7) is 0.966. The number of nitrogens with one attached hydrogen (secondary N) is 1. The Morgan fingerprint density at radius 3 is 2.90 bits per heavy atom. The van der Waals surface area contributed by atoms with E-state index in [0.29, 0.717) is 12.1 Å². The SMILES string of the molecule is CNC(CCC1CCCCO1)c1ccc2c(c1)CCC2. The highest BCUT2D eigenvalue weighted by Crippen LogP contribution is 2.28. The highest BCUT2D eigenvalue weighted by atomic mass is 16.5. The Labute approximate surface area is 122 Å². The molecule has 3 rings (SSSR count). The van der Waals surface area contributed by atoms with Gasteiger partial charge in [0.15, 0.2) is 0 Å². The van der Waals surface area contributed by atoms with Crippen molar-refractivity contribution in [1.82, 2.24) is 5.32 Å². The summed E-state index contributed by atoms with van der Waals surface area (Å²) in [7, 11) is 2.08. The van der Waals surface area contributed by atoms with E-state index in [1.54, 1.807) is 11.1 Å². The van der Waals surface area contributed by atoms with Gasteiger partial charge in [-0.15, -0.1) is 0 Å². The fourth-order valence-corrected chi connectivity index (χ4v) is 3.67. The average molecular weight is 273 g/mol. The van der Waals surface area contributed by atoms with E-state index in [-0.39, 0.29) is 0 Å². The third-order valence-electron chi connectivity index (χ3n) is 4.92. The van der Waals surface area contributed by atoms with E-state index in [9.17, 15) is 0 Å². The normalized spacial score (nSPS) is 23.6. The summed E-state index contributed by atoms with van der Waals surface area (Å²) in [4.78, 5) is 0. The van der Waals surface area contributed by atoms with Crippen LogP contribution >= 0.6 is 0 Å². The highest BCUT2D eigenvalue weighted by molar-refractivity contribution is 5.36. The lowest BCUT2D eigenvalue weighted by Crippen LogP contribution is -2.23. The quantitative estimate of drug-likeness (QED) is 0.881. The van der Waals surface area contributed by atoms with Crippen molar-refractivity contribution in [3.8, 4) is 0 Å². The van der Waals surface area contributed by atoms with Crippen LogP contribution in [0.2, 0.25) is 0 Å². The van der Waals surface area contributed by atoms with E-state index in [0.717, 1.165) is 6.61 Å². The van der Waals surface area contributed by atoms with Crippen LogP contribution in [0, 0.1) is 0 Å². The second kappa shape index (κ2) is 6.73. The van der Waals surface area contributed by atoms with Gasteiger partial charge in [-0.1, -0.05) is 18.2 Å². The van der Waals surface area contributed by atoms with E-state index < -0.39 is 0 Å². The number of benzene rings is 1. The van der Waals surface area contributed by atoms with Crippen LogP contribution < -0.4 is 5.32 Å². The molecule has 2 heteroatoms. The van der Waals surface area contributed by atoms with Crippen LogP contribution in [-0.2, 0) is 17.6 Å². The van der Waals surface area contributed by atoms with Crippen molar-refractivity contribution >= 4 is 0 Å². The van der Waals surface area contributed by atoms with Gasteiger partial charge in [-0.2, -0.15) is 0 Å². The van der Waals surface area contributed by atoms with E-state index >= 15 is 0 Å². The van der Waals surface area contributed by atoms with Gasteiger partial charge in [0.2, 0.25) is 0 Å². The molecular weight excluding hydrogens is 246 g/mol. The van der Waals surface area contributed by atoms with Gasteiger partial charge in [0.1, 0.15) is 0 Å². The molecule has 0 spiro atoms. The number of aryl methyl sites for hydroxylation is 2. The van der Waals surface area contributed by atoms with E-state index in [1.807, 2.05) is 0 Å². The molecule has 1 fully saturated rings. The molecule has 1 aromatic rings. The van der Waals surface area contributed by atoms with Gasteiger partial charge in [0.25, 0.3) is 0 Å². The molecule has 2 nitrogen and oxygen atoms in total. The molecule has 0 radical (unpaired) electrons. The topological polar surface area (TPSA) is 21.3 Å². The number of rotatable bonds is 5. The van der Waals surface area contributed by atoms with Crippen molar-refractivity contribution in [2.24, 2.45) is 0 Å². The Morgan fingerprint density at radius 1 is 1.20 bits per heavy atom. The predicted octanol–water partition coefficient (Wildman–Crippen LogP) is 3.79. The molecule has 1 aliphatic carbocycles.